The second-order valence-electron chi connectivity index (χ2n) is 7.30. The molecule has 6 heteroatoms. The molecule has 0 radical (unpaired) electrons. The summed E-state index contributed by atoms with van der Waals surface area (Å²) in [6.07, 6.45) is 6.42. The average molecular weight is 368 g/mol. The molecule has 0 bridgehead atoms. The molecule has 0 unspecified atom stereocenters. The van der Waals surface area contributed by atoms with Crippen molar-refractivity contribution in [1.82, 2.24) is 15.3 Å². The Morgan fingerprint density at radius 1 is 1.26 bits per heavy atom. The van der Waals surface area contributed by atoms with Gasteiger partial charge in [-0.2, -0.15) is 0 Å². The Bertz CT molecular complexity index is 787. The van der Waals surface area contributed by atoms with E-state index in [0.717, 1.165) is 50.0 Å². The van der Waals surface area contributed by atoms with Crippen LogP contribution in [-0.2, 0) is 0 Å². The maximum Gasteiger partial charge on any atom is 0.251 e. The van der Waals surface area contributed by atoms with E-state index >= 15 is 0 Å². The van der Waals surface area contributed by atoms with Gasteiger partial charge in [0.05, 0.1) is 5.60 Å². The Kier molecular flexibility index (Phi) is 6.06. The van der Waals surface area contributed by atoms with Gasteiger partial charge in [-0.3, -0.25) is 4.79 Å². The van der Waals surface area contributed by atoms with Crippen molar-refractivity contribution in [3.05, 3.63) is 42.1 Å². The number of anilines is 1. The van der Waals surface area contributed by atoms with E-state index in [-0.39, 0.29) is 5.91 Å². The predicted octanol–water partition coefficient (Wildman–Crippen LogP) is 3.02. The molecule has 0 saturated heterocycles. The first kappa shape index (κ1) is 19.3. The number of hydrogen-bond donors (Lipinski definition) is 2. The maximum atomic E-state index is 12.6. The molecule has 1 saturated carbocycles. The second kappa shape index (κ2) is 8.48. The second-order valence-corrected chi connectivity index (χ2v) is 7.30. The SMILES string of the molecule is CCN(C)c1ccnc(-c2cccc(C(=O)NCC3(O)CCCCC3)c2)n1. The van der Waals surface area contributed by atoms with Gasteiger partial charge in [0.25, 0.3) is 5.91 Å². The fraction of sp³-hybridized carbons (Fsp3) is 0.476. The molecule has 2 N–H and O–H groups in total. The molecule has 1 aromatic carbocycles. The third-order valence-electron chi connectivity index (χ3n) is 5.25. The number of aliphatic hydroxyl groups is 1. The van der Waals surface area contributed by atoms with E-state index in [9.17, 15) is 9.90 Å². The minimum Gasteiger partial charge on any atom is -0.388 e. The topological polar surface area (TPSA) is 78.4 Å². The first-order valence-corrected chi connectivity index (χ1v) is 9.66. The highest BCUT2D eigenvalue weighted by atomic mass is 16.3. The monoisotopic (exact) mass is 368 g/mol. The largest absolute Gasteiger partial charge is 0.388 e. The molecule has 144 valence electrons. The van der Waals surface area contributed by atoms with E-state index in [2.05, 4.69) is 22.2 Å². The molecule has 2 aromatic rings. The molecule has 1 amide bonds. The fourth-order valence-corrected chi connectivity index (χ4v) is 3.40. The van der Waals surface area contributed by atoms with Crippen LogP contribution in [0.1, 0.15) is 49.4 Å². The molecule has 1 aromatic heterocycles. The summed E-state index contributed by atoms with van der Waals surface area (Å²) in [6.45, 7) is 3.21. The van der Waals surface area contributed by atoms with E-state index in [1.807, 2.05) is 30.1 Å². The number of nitrogens with one attached hydrogen (secondary N) is 1. The zero-order chi connectivity index (χ0) is 19.3. The molecule has 0 aliphatic heterocycles. The minimum atomic E-state index is -0.770. The lowest BCUT2D eigenvalue weighted by Crippen LogP contribution is -2.44. The normalized spacial score (nSPS) is 16.0. The summed E-state index contributed by atoms with van der Waals surface area (Å²) in [5.41, 5.74) is 0.573. The molecular weight excluding hydrogens is 340 g/mol. The first-order chi connectivity index (χ1) is 13.0. The molecule has 27 heavy (non-hydrogen) atoms. The number of hydrogen-bond acceptors (Lipinski definition) is 5. The molecular formula is C21H28N4O2. The van der Waals surface area contributed by atoms with Gasteiger partial charge in [0.15, 0.2) is 5.82 Å². The van der Waals surface area contributed by atoms with Gasteiger partial charge in [0.2, 0.25) is 0 Å². The van der Waals surface area contributed by atoms with Crippen molar-refractivity contribution in [2.24, 2.45) is 0 Å². The number of nitrogens with zero attached hydrogens (tertiary/aromatic N) is 3. The van der Waals surface area contributed by atoms with Crippen molar-refractivity contribution < 1.29 is 9.90 Å². The Morgan fingerprint density at radius 2 is 2.04 bits per heavy atom. The summed E-state index contributed by atoms with van der Waals surface area (Å²) in [6, 6.07) is 9.17. The summed E-state index contributed by atoms with van der Waals surface area (Å²) in [4.78, 5) is 23.5. The molecule has 0 spiro atoms. The van der Waals surface area contributed by atoms with Gasteiger partial charge in [0.1, 0.15) is 5.82 Å². The number of amides is 1. The summed E-state index contributed by atoms with van der Waals surface area (Å²) in [7, 11) is 1.98. The highest BCUT2D eigenvalue weighted by Crippen LogP contribution is 2.27. The van der Waals surface area contributed by atoms with Crippen LogP contribution in [0.4, 0.5) is 5.82 Å². The fourth-order valence-electron chi connectivity index (χ4n) is 3.40. The lowest BCUT2D eigenvalue weighted by atomic mass is 9.85. The van der Waals surface area contributed by atoms with Crippen LogP contribution in [0.25, 0.3) is 11.4 Å². The van der Waals surface area contributed by atoms with E-state index < -0.39 is 5.60 Å². The number of carbonyl (C=O) groups excluding carboxylic acids is 1. The molecule has 1 fully saturated rings. The van der Waals surface area contributed by atoms with Crippen molar-refractivity contribution in [1.29, 1.82) is 0 Å². The van der Waals surface area contributed by atoms with Crippen LogP contribution in [0, 0.1) is 0 Å². The molecule has 6 nitrogen and oxygen atoms in total. The number of rotatable bonds is 6. The van der Waals surface area contributed by atoms with Gasteiger partial charge in [-0.15, -0.1) is 0 Å². The number of benzene rings is 1. The third kappa shape index (κ3) is 4.83. The van der Waals surface area contributed by atoms with Crippen LogP contribution in [0.2, 0.25) is 0 Å². The highest BCUT2D eigenvalue weighted by molar-refractivity contribution is 5.95. The van der Waals surface area contributed by atoms with Crippen molar-refractivity contribution >= 4 is 11.7 Å². The maximum absolute atomic E-state index is 12.6. The van der Waals surface area contributed by atoms with E-state index in [0.29, 0.717) is 17.9 Å². The van der Waals surface area contributed by atoms with E-state index in [4.69, 9.17) is 0 Å². The molecule has 1 aliphatic carbocycles. The standard InChI is InChI=1S/C21H28N4O2/c1-3-25(2)18-10-13-22-19(24-18)16-8-7-9-17(14-16)20(26)23-15-21(27)11-5-4-6-12-21/h7-10,13-14,27H,3-6,11-12,15H2,1-2H3,(H,23,26). The molecule has 1 aliphatic rings. The van der Waals surface area contributed by atoms with Crippen LogP contribution in [0.5, 0.6) is 0 Å². The van der Waals surface area contributed by atoms with Crippen LogP contribution in [0.3, 0.4) is 0 Å². The van der Waals surface area contributed by atoms with Gasteiger partial charge in [-0.05, 0) is 38.0 Å². The molecule has 3 rings (SSSR count). The lowest BCUT2D eigenvalue weighted by molar-refractivity contribution is 0.00526. The molecule has 1 heterocycles. The van der Waals surface area contributed by atoms with Gasteiger partial charge in [-0.25, -0.2) is 9.97 Å². The summed E-state index contributed by atoms with van der Waals surface area (Å²) < 4.78 is 0. The highest BCUT2D eigenvalue weighted by Gasteiger charge is 2.29. The Hall–Kier alpha value is -2.47. The van der Waals surface area contributed by atoms with Crippen molar-refractivity contribution in [2.75, 3.05) is 25.0 Å². The zero-order valence-electron chi connectivity index (χ0n) is 16.1. The van der Waals surface area contributed by atoms with Gasteiger partial charge in [0, 0.05) is 37.5 Å². The van der Waals surface area contributed by atoms with Crippen LogP contribution in [0.15, 0.2) is 36.5 Å². The Labute approximate surface area is 160 Å². The van der Waals surface area contributed by atoms with Crippen LogP contribution in [-0.4, -0.2) is 46.7 Å². The van der Waals surface area contributed by atoms with E-state index in [1.165, 1.54) is 0 Å². The lowest BCUT2D eigenvalue weighted by Gasteiger charge is -2.32. The van der Waals surface area contributed by atoms with E-state index in [1.54, 1.807) is 18.3 Å². The third-order valence-corrected chi connectivity index (χ3v) is 5.25. The minimum absolute atomic E-state index is 0.183. The Balaban J connectivity index is 1.72. The van der Waals surface area contributed by atoms with Crippen molar-refractivity contribution in [2.45, 2.75) is 44.6 Å². The summed E-state index contributed by atoms with van der Waals surface area (Å²) >= 11 is 0. The van der Waals surface area contributed by atoms with Gasteiger partial charge in [-0.1, -0.05) is 31.4 Å². The molecule has 0 atom stereocenters. The Morgan fingerprint density at radius 3 is 2.78 bits per heavy atom. The van der Waals surface area contributed by atoms with Crippen molar-refractivity contribution in [3.8, 4) is 11.4 Å². The van der Waals surface area contributed by atoms with Crippen molar-refractivity contribution in [3.63, 3.8) is 0 Å². The smallest absolute Gasteiger partial charge is 0.251 e. The predicted molar refractivity (Wildman–Crippen MR) is 107 cm³/mol. The summed E-state index contributed by atoms with van der Waals surface area (Å²) in [5, 5.41) is 13.5. The van der Waals surface area contributed by atoms with Gasteiger partial charge < -0.3 is 15.3 Å². The summed E-state index contributed by atoms with van der Waals surface area (Å²) in [5.74, 6) is 1.25. The van der Waals surface area contributed by atoms with Crippen LogP contribution >= 0.6 is 0 Å². The number of aromatic nitrogens is 2. The first-order valence-electron chi connectivity index (χ1n) is 9.66. The zero-order valence-corrected chi connectivity index (χ0v) is 16.1. The quantitative estimate of drug-likeness (QED) is 0.819. The van der Waals surface area contributed by atoms with Crippen LogP contribution < -0.4 is 10.2 Å². The number of carbonyl (C=O) groups is 1. The average Bonchev–Trinajstić information content (AvgIpc) is 2.72. The van der Waals surface area contributed by atoms with Gasteiger partial charge >= 0.3 is 0 Å².